The van der Waals surface area contributed by atoms with Crippen LogP contribution in [-0.4, -0.2) is 64.8 Å². The number of anilines is 2. The van der Waals surface area contributed by atoms with Crippen LogP contribution in [-0.2, 0) is 20.7 Å². The van der Waals surface area contributed by atoms with E-state index in [0.717, 1.165) is 11.8 Å². The van der Waals surface area contributed by atoms with Crippen molar-refractivity contribution in [2.45, 2.75) is 51.5 Å². The lowest BCUT2D eigenvalue weighted by Crippen LogP contribution is -2.75. The summed E-state index contributed by atoms with van der Waals surface area (Å²) in [5, 5.41) is 8.49. The fraction of sp³-hybridized carbons (Fsp3) is 0.500. The Hall–Kier alpha value is -3.19. The topological polar surface area (TPSA) is 134 Å². The number of amides is 5. The molecule has 1 aromatic heterocycles. The molecular weight excluding hydrogens is 481 g/mol. The molecular formula is C22H22FN5O6S. The van der Waals surface area contributed by atoms with Crippen molar-refractivity contribution in [1.82, 2.24) is 15.8 Å². The molecule has 2 aromatic rings. The zero-order chi connectivity index (χ0) is 24.8. The number of imide groups is 2. The SMILES string of the molecule is CC1CSC(=O)N1c1noc2c(F)c3c(cc12)CC1(C(=O)NC(=O)NC1=O)C1[C@H](C)O[C@H](C)CN31. The number of thioether (sulfide) groups is 1. The van der Waals surface area contributed by atoms with Gasteiger partial charge in [-0.05, 0) is 32.4 Å². The van der Waals surface area contributed by atoms with Crippen LogP contribution >= 0.6 is 11.8 Å². The molecule has 5 amide bonds. The number of halogens is 1. The first kappa shape index (κ1) is 22.3. The second kappa shape index (κ2) is 7.40. The highest BCUT2D eigenvalue weighted by molar-refractivity contribution is 8.14. The quantitative estimate of drug-likeness (QED) is 0.560. The summed E-state index contributed by atoms with van der Waals surface area (Å²) in [4.78, 5) is 54.0. The van der Waals surface area contributed by atoms with Gasteiger partial charge in [0, 0.05) is 24.8 Å². The molecule has 2 N–H and O–H groups in total. The highest BCUT2D eigenvalue weighted by atomic mass is 32.2. The number of rotatable bonds is 1. The molecule has 6 rings (SSSR count). The van der Waals surface area contributed by atoms with Crippen LogP contribution in [0.1, 0.15) is 26.3 Å². The summed E-state index contributed by atoms with van der Waals surface area (Å²) in [6.45, 7) is 5.61. The number of benzene rings is 1. The summed E-state index contributed by atoms with van der Waals surface area (Å²) in [5.74, 6) is -1.46. The van der Waals surface area contributed by atoms with E-state index in [9.17, 15) is 19.2 Å². The van der Waals surface area contributed by atoms with E-state index in [4.69, 9.17) is 9.26 Å². The Morgan fingerprint density at radius 1 is 1.17 bits per heavy atom. The third-order valence-corrected chi connectivity index (χ3v) is 8.35. The third kappa shape index (κ3) is 2.91. The van der Waals surface area contributed by atoms with E-state index in [1.807, 2.05) is 13.8 Å². The highest BCUT2D eigenvalue weighted by Gasteiger charge is 2.63. The second-order valence-electron chi connectivity index (χ2n) is 9.51. The van der Waals surface area contributed by atoms with Crippen molar-refractivity contribution in [3.63, 3.8) is 0 Å². The van der Waals surface area contributed by atoms with E-state index < -0.39 is 41.2 Å². The number of fused-ring (bicyclic) bond motifs is 5. The van der Waals surface area contributed by atoms with Crippen molar-refractivity contribution in [1.29, 1.82) is 0 Å². The molecule has 0 radical (unpaired) electrons. The summed E-state index contributed by atoms with van der Waals surface area (Å²) in [7, 11) is 0. The normalized spacial score (nSPS) is 29.9. The molecule has 4 aliphatic rings. The third-order valence-electron chi connectivity index (χ3n) is 7.26. The largest absolute Gasteiger partial charge is 0.372 e. The Balaban J connectivity index is 1.58. The minimum absolute atomic E-state index is 0.107. The smallest absolute Gasteiger partial charge is 0.328 e. The number of morpholine rings is 1. The number of nitrogens with zero attached hydrogens (tertiary/aromatic N) is 3. The van der Waals surface area contributed by atoms with Crippen LogP contribution in [0.2, 0.25) is 0 Å². The van der Waals surface area contributed by atoms with Gasteiger partial charge in [-0.25, -0.2) is 9.18 Å². The molecule has 35 heavy (non-hydrogen) atoms. The number of barbiturate groups is 1. The minimum Gasteiger partial charge on any atom is -0.372 e. The van der Waals surface area contributed by atoms with Crippen LogP contribution in [0.4, 0.5) is 25.5 Å². The van der Waals surface area contributed by atoms with Gasteiger partial charge in [0.25, 0.3) is 5.24 Å². The maximum absolute atomic E-state index is 16.1. The van der Waals surface area contributed by atoms with E-state index in [-0.39, 0.29) is 52.8 Å². The second-order valence-corrected chi connectivity index (χ2v) is 10.5. The maximum atomic E-state index is 16.1. The molecule has 1 aromatic carbocycles. The van der Waals surface area contributed by atoms with Gasteiger partial charge in [-0.3, -0.25) is 29.9 Å². The van der Waals surface area contributed by atoms with Gasteiger partial charge in [-0.15, -0.1) is 0 Å². The number of carbonyl (C=O) groups is 4. The zero-order valence-corrected chi connectivity index (χ0v) is 19.9. The van der Waals surface area contributed by atoms with E-state index in [2.05, 4.69) is 15.8 Å². The molecule has 11 nitrogen and oxygen atoms in total. The number of hydrogen-bond acceptors (Lipinski definition) is 9. The van der Waals surface area contributed by atoms with Crippen LogP contribution in [0.3, 0.4) is 0 Å². The number of carbonyl (C=O) groups excluding carboxylic acids is 4. The maximum Gasteiger partial charge on any atom is 0.328 e. The van der Waals surface area contributed by atoms with E-state index in [1.165, 1.54) is 4.90 Å². The van der Waals surface area contributed by atoms with Crippen molar-refractivity contribution in [3.05, 3.63) is 17.4 Å². The van der Waals surface area contributed by atoms with E-state index >= 15 is 4.39 Å². The van der Waals surface area contributed by atoms with Gasteiger partial charge in [0.1, 0.15) is 0 Å². The highest BCUT2D eigenvalue weighted by Crippen LogP contribution is 2.50. The molecule has 184 valence electrons. The fourth-order valence-corrected chi connectivity index (χ4v) is 6.86. The lowest BCUT2D eigenvalue weighted by molar-refractivity contribution is -0.153. The minimum atomic E-state index is -1.73. The van der Waals surface area contributed by atoms with E-state index in [0.29, 0.717) is 11.3 Å². The number of hydrogen-bond donors (Lipinski definition) is 2. The zero-order valence-electron chi connectivity index (χ0n) is 19.1. The number of nitrogens with one attached hydrogen (secondary N) is 2. The first-order valence-electron chi connectivity index (χ1n) is 11.3. The van der Waals surface area contributed by atoms with Gasteiger partial charge in [-0.2, -0.15) is 0 Å². The van der Waals surface area contributed by atoms with Crippen LogP contribution < -0.4 is 20.4 Å². The number of ether oxygens (including phenoxy) is 1. The Morgan fingerprint density at radius 2 is 1.89 bits per heavy atom. The van der Waals surface area contributed by atoms with Crippen molar-refractivity contribution in [2.75, 3.05) is 22.1 Å². The molecule has 3 fully saturated rings. The van der Waals surface area contributed by atoms with Crippen molar-refractivity contribution >= 4 is 57.3 Å². The Kier molecular flexibility index (Phi) is 4.71. The lowest BCUT2D eigenvalue weighted by atomic mass is 9.66. The predicted molar refractivity (Wildman–Crippen MR) is 123 cm³/mol. The number of urea groups is 1. The van der Waals surface area contributed by atoms with Gasteiger partial charge in [0.15, 0.2) is 17.1 Å². The molecule has 5 heterocycles. The summed E-state index contributed by atoms with van der Waals surface area (Å²) in [6.07, 6.45) is -1.12. The van der Waals surface area contributed by atoms with Crippen molar-refractivity contribution in [3.8, 4) is 0 Å². The molecule has 4 aliphatic heterocycles. The Bertz CT molecular complexity index is 1310. The monoisotopic (exact) mass is 503 g/mol. The van der Waals surface area contributed by atoms with Crippen molar-refractivity contribution < 1.29 is 32.8 Å². The molecule has 13 heteroatoms. The summed E-state index contributed by atoms with van der Waals surface area (Å²) >= 11 is 1.14. The van der Waals surface area contributed by atoms with Crippen LogP contribution in [0.5, 0.6) is 0 Å². The van der Waals surface area contributed by atoms with Gasteiger partial charge in [0.05, 0.1) is 29.3 Å². The lowest BCUT2D eigenvalue weighted by Gasteiger charge is -2.55. The van der Waals surface area contributed by atoms with Gasteiger partial charge < -0.3 is 14.2 Å². The molecule has 0 saturated carbocycles. The van der Waals surface area contributed by atoms with E-state index in [1.54, 1.807) is 17.9 Å². The molecule has 1 spiro atoms. The van der Waals surface area contributed by atoms with Crippen LogP contribution in [0.25, 0.3) is 11.0 Å². The van der Waals surface area contributed by atoms with Crippen molar-refractivity contribution in [2.24, 2.45) is 5.41 Å². The molecule has 0 bridgehead atoms. The number of aromatic nitrogens is 1. The van der Waals surface area contributed by atoms with Gasteiger partial charge in [-0.1, -0.05) is 16.9 Å². The van der Waals surface area contributed by atoms with Gasteiger partial charge in [0.2, 0.25) is 17.4 Å². The standard InChI is InChI=1S/C22H22FN5O6S/c1-8-7-35-21(32)28(8)17-12-4-11-5-22(18(29)24-20(31)25-19(22)30)16-10(3)33-9(2)6-27(16)14(11)13(23)15(12)34-26-17/h4,8-10,16H,5-7H2,1-3H3,(H2,24,25,29,30,31)/t8?,9-,10+,16?/m1/s1. The molecule has 0 aliphatic carbocycles. The average molecular weight is 504 g/mol. The Labute approximate surface area is 202 Å². The molecule has 4 atom stereocenters. The predicted octanol–water partition coefficient (Wildman–Crippen LogP) is 1.92. The summed E-state index contributed by atoms with van der Waals surface area (Å²) in [6, 6.07) is -0.312. The Morgan fingerprint density at radius 3 is 2.54 bits per heavy atom. The fourth-order valence-electron chi connectivity index (χ4n) is 5.92. The summed E-state index contributed by atoms with van der Waals surface area (Å²) in [5.41, 5.74) is -1.26. The molecule has 3 saturated heterocycles. The van der Waals surface area contributed by atoms with Crippen LogP contribution in [0, 0.1) is 11.2 Å². The van der Waals surface area contributed by atoms with Crippen LogP contribution in [0.15, 0.2) is 10.6 Å². The molecule has 2 unspecified atom stereocenters. The van der Waals surface area contributed by atoms with Gasteiger partial charge >= 0.3 is 6.03 Å². The first-order chi connectivity index (χ1) is 16.6. The summed E-state index contributed by atoms with van der Waals surface area (Å²) < 4.78 is 27.4. The average Bonchev–Trinajstić information content (AvgIpc) is 3.33. The first-order valence-corrected chi connectivity index (χ1v) is 12.3.